The maximum Gasteiger partial charge on any atom is 0.0223 e. The van der Waals surface area contributed by atoms with Crippen LogP contribution in [0.1, 0.15) is 24.6 Å². The summed E-state index contributed by atoms with van der Waals surface area (Å²) < 4.78 is 0. The van der Waals surface area contributed by atoms with E-state index < -0.39 is 0 Å². The van der Waals surface area contributed by atoms with E-state index in [0.29, 0.717) is 6.04 Å². The molecule has 1 nitrogen and oxygen atoms in total. The van der Waals surface area contributed by atoms with Crippen molar-refractivity contribution in [1.82, 2.24) is 4.90 Å². The Balaban J connectivity index is 2.23. The number of hydrogen-bond acceptors (Lipinski definition) is 2. The summed E-state index contributed by atoms with van der Waals surface area (Å²) in [4.78, 5) is 3.90. The van der Waals surface area contributed by atoms with Crippen molar-refractivity contribution in [1.29, 1.82) is 0 Å². The molecule has 1 rings (SSSR count). The van der Waals surface area contributed by atoms with Crippen LogP contribution in [0.5, 0.6) is 0 Å². The van der Waals surface area contributed by atoms with Crippen molar-refractivity contribution in [2.45, 2.75) is 32.2 Å². The number of likely N-dealkylation sites (N-methyl/N-ethyl adjacent to an activating group) is 1. The first-order valence-corrected chi connectivity index (χ1v) is 6.94. The molecule has 0 aliphatic rings. The van der Waals surface area contributed by atoms with Crippen LogP contribution in [0, 0.1) is 0 Å². The van der Waals surface area contributed by atoms with Gasteiger partial charge in [-0.05, 0) is 51.2 Å². The van der Waals surface area contributed by atoms with Crippen molar-refractivity contribution in [3.05, 3.63) is 22.4 Å². The predicted molar refractivity (Wildman–Crippen MR) is 70.1 cm³/mol. The number of hydrogen-bond donors (Lipinski definition) is 0. The van der Waals surface area contributed by atoms with E-state index in [1.807, 2.05) is 11.3 Å². The molecule has 86 valence electrons. The summed E-state index contributed by atoms with van der Waals surface area (Å²) >= 11 is 7.51. The number of thiophene rings is 1. The Morgan fingerprint density at radius 1 is 1.47 bits per heavy atom. The molecule has 0 aromatic carbocycles. The van der Waals surface area contributed by atoms with Crippen molar-refractivity contribution in [2.24, 2.45) is 0 Å². The highest BCUT2D eigenvalue weighted by molar-refractivity contribution is 7.09. The molecule has 1 unspecified atom stereocenters. The maximum absolute atomic E-state index is 5.66. The number of unbranched alkanes of at least 4 members (excludes halogenated alkanes) is 1. The molecule has 1 aromatic rings. The summed E-state index contributed by atoms with van der Waals surface area (Å²) in [5.74, 6) is 0.785. The molecule has 0 saturated carbocycles. The third kappa shape index (κ3) is 5.01. The fraction of sp³-hybridized carbons (Fsp3) is 0.667. The quantitative estimate of drug-likeness (QED) is 0.524. The Morgan fingerprint density at radius 3 is 2.87 bits per heavy atom. The summed E-state index contributed by atoms with van der Waals surface area (Å²) in [5, 5.41) is 2.15. The minimum absolute atomic E-state index is 0.624. The summed E-state index contributed by atoms with van der Waals surface area (Å²) in [5.41, 5.74) is 0. The van der Waals surface area contributed by atoms with Gasteiger partial charge in [0.05, 0.1) is 0 Å². The monoisotopic (exact) mass is 245 g/mol. The summed E-state index contributed by atoms with van der Waals surface area (Å²) in [6, 6.07) is 4.97. The van der Waals surface area contributed by atoms with Gasteiger partial charge in [-0.3, -0.25) is 0 Å². The standard InChI is InChI=1S/C12H20ClNS/c1-11(10-12-6-5-9-15-12)14(2)8-4-3-7-13/h5-6,9,11H,3-4,7-8,10H2,1-2H3. The highest BCUT2D eigenvalue weighted by atomic mass is 35.5. The smallest absolute Gasteiger partial charge is 0.0223 e. The molecule has 0 bridgehead atoms. The maximum atomic E-state index is 5.66. The summed E-state index contributed by atoms with van der Waals surface area (Å²) in [6.07, 6.45) is 3.49. The number of nitrogens with zero attached hydrogens (tertiary/aromatic N) is 1. The Hall–Kier alpha value is -0.0500. The van der Waals surface area contributed by atoms with E-state index in [9.17, 15) is 0 Å². The van der Waals surface area contributed by atoms with Gasteiger partial charge in [0, 0.05) is 16.8 Å². The first-order valence-electron chi connectivity index (χ1n) is 5.52. The SMILES string of the molecule is CC(Cc1cccs1)N(C)CCCCCl. The van der Waals surface area contributed by atoms with E-state index in [0.717, 1.165) is 25.3 Å². The van der Waals surface area contributed by atoms with E-state index in [1.54, 1.807) is 0 Å². The zero-order chi connectivity index (χ0) is 11.1. The largest absolute Gasteiger partial charge is 0.303 e. The second-order valence-electron chi connectivity index (χ2n) is 4.01. The summed E-state index contributed by atoms with van der Waals surface area (Å²) in [7, 11) is 2.20. The van der Waals surface area contributed by atoms with Gasteiger partial charge in [0.1, 0.15) is 0 Å². The van der Waals surface area contributed by atoms with Crippen LogP contribution >= 0.6 is 22.9 Å². The van der Waals surface area contributed by atoms with Crippen LogP contribution in [-0.4, -0.2) is 30.4 Å². The first kappa shape index (κ1) is 13.0. The highest BCUT2D eigenvalue weighted by Gasteiger charge is 2.09. The predicted octanol–water partition coefficient (Wildman–Crippen LogP) is 3.63. The number of alkyl halides is 1. The Bertz CT molecular complexity index is 248. The third-order valence-corrected chi connectivity index (χ3v) is 3.89. The molecule has 1 aromatic heterocycles. The molecule has 0 fully saturated rings. The Kier molecular flexibility index (Phi) is 6.30. The topological polar surface area (TPSA) is 3.24 Å². The van der Waals surface area contributed by atoms with Crippen LogP contribution in [0.15, 0.2) is 17.5 Å². The van der Waals surface area contributed by atoms with Gasteiger partial charge in [-0.15, -0.1) is 22.9 Å². The van der Waals surface area contributed by atoms with Gasteiger partial charge < -0.3 is 4.90 Å². The average Bonchev–Trinajstić information content (AvgIpc) is 2.70. The van der Waals surface area contributed by atoms with Crippen LogP contribution in [0.25, 0.3) is 0 Å². The highest BCUT2D eigenvalue weighted by Crippen LogP contribution is 2.13. The van der Waals surface area contributed by atoms with Crippen LogP contribution in [0.2, 0.25) is 0 Å². The van der Waals surface area contributed by atoms with Crippen molar-refractivity contribution >= 4 is 22.9 Å². The normalized spacial score (nSPS) is 13.3. The average molecular weight is 246 g/mol. The fourth-order valence-corrected chi connectivity index (χ4v) is 2.57. The zero-order valence-electron chi connectivity index (χ0n) is 9.58. The lowest BCUT2D eigenvalue weighted by Crippen LogP contribution is -2.31. The second-order valence-corrected chi connectivity index (χ2v) is 5.42. The van der Waals surface area contributed by atoms with Crippen molar-refractivity contribution in [3.63, 3.8) is 0 Å². The number of halogens is 1. The lowest BCUT2D eigenvalue weighted by Gasteiger charge is -2.24. The molecule has 1 heterocycles. The van der Waals surface area contributed by atoms with Gasteiger partial charge >= 0.3 is 0 Å². The van der Waals surface area contributed by atoms with E-state index in [2.05, 4.69) is 36.4 Å². The Morgan fingerprint density at radius 2 is 2.27 bits per heavy atom. The first-order chi connectivity index (χ1) is 7.24. The van der Waals surface area contributed by atoms with Crippen LogP contribution in [0.4, 0.5) is 0 Å². The van der Waals surface area contributed by atoms with Crippen molar-refractivity contribution < 1.29 is 0 Å². The van der Waals surface area contributed by atoms with Gasteiger partial charge in [0.15, 0.2) is 0 Å². The van der Waals surface area contributed by atoms with E-state index in [1.165, 1.54) is 11.3 Å². The molecule has 0 amide bonds. The molecule has 0 radical (unpaired) electrons. The molecule has 0 aliphatic carbocycles. The van der Waals surface area contributed by atoms with Crippen molar-refractivity contribution in [3.8, 4) is 0 Å². The molecule has 1 atom stereocenters. The lowest BCUT2D eigenvalue weighted by molar-refractivity contribution is 0.253. The summed E-state index contributed by atoms with van der Waals surface area (Å²) in [6.45, 7) is 3.44. The lowest BCUT2D eigenvalue weighted by atomic mass is 10.2. The van der Waals surface area contributed by atoms with Crippen LogP contribution in [-0.2, 0) is 6.42 Å². The minimum Gasteiger partial charge on any atom is -0.303 e. The molecule has 15 heavy (non-hydrogen) atoms. The molecular weight excluding hydrogens is 226 g/mol. The Labute approximate surface area is 102 Å². The van der Waals surface area contributed by atoms with Gasteiger partial charge in [0.25, 0.3) is 0 Å². The fourth-order valence-electron chi connectivity index (χ4n) is 1.55. The van der Waals surface area contributed by atoms with Gasteiger partial charge in [-0.1, -0.05) is 6.07 Å². The van der Waals surface area contributed by atoms with Gasteiger partial charge in [0.2, 0.25) is 0 Å². The molecule has 0 saturated heterocycles. The molecular formula is C12H20ClNS. The van der Waals surface area contributed by atoms with E-state index >= 15 is 0 Å². The molecule has 3 heteroatoms. The minimum atomic E-state index is 0.624. The van der Waals surface area contributed by atoms with Gasteiger partial charge in [-0.25, -0.2) is 0 Å². The van der Waals surface area contributed by atoms with Crippen molar-refractivity contribution in [2.75, 3.05) is 19.5 Å². The van der Waals surface area contributed by atoms with Crippen LogP contribution in [0.3, 0.4) is 0 Å². The van der Waals surface area contributed by atoms with E-state index in [-0.39, 0.29) is 0 Å². The van der Waals surface area contributed by atoms with Gasteiger partial charge in [-0.2, -0.15) is 0 Å². The zero-order valence-corrected chi connectivity index (χ0v) is 11.2. The number of rotatable bonds is 7. The molecule has 0 spiro atoms. The second kappa shape index (κ2) is 7.26. The molecule has 0 N–H and O–H groups in total. The van der Waals surface area contributed by atoms with Crippen LogP contribution < -0.4 is 0 Å². The molecule has 0 aliphatic heterocycles. The van der Waals surface area contributed by atoms with E-state index in [4.69, 9.17) is 11.6 Å². The third-order valence-electron chi connectivity index (χ3n) is 2.72.